The third-order valence-electron chi connectivity index (χ3n) is 3.20. The average molecular weight is 254 g/mol. The molecule has 0 saturated heterocycles. The lowest BCUT2D eigenvalue weighted by molar-refractivity contribution is 0.440. The molecule has 5 heteroatoms. The predicted octanol–water partition coefficient (Wildman–Crippen LogP) is 2.26. The van der Waals surface area contributed by atoms with E-state index in [1.807, 2.05) is 13.8 Å². The average Bonchev–Trinajstić information content (AvgIpc) is 2.70. The molecule has 1 aliphatic carbocycles. The van der Waals surface area contributed by atoms with Crippen molar-refractivity contribution in [1.29, 1.82) is 0 Å². The highest BCUT2D eigenvalue weighted by Crippen LogP contribution is 2.26. The minimum absolute atomic E-state index is 0.202. The van der Waals surface area contributed by atoms with E-state index in [1.54, 1.807) is 0 Å². The molecule has 90 valence electrons. The molecule has 0 aromatic carbocycles. The van der Waals surface area contributed by atoms with Gasteiger partial charge in [-0.05, 0) is 26.2 Å². The first-order chi connectivity index (χ1) is 6.93. The zero-order chi connectivity index (χ0) is 11.5. The van der Waals surface area contributed by atoms with Gasteiger partial charge in [0, 0.05) is 11.4 Å². The Bertz CT molecular complexity index is 293. The molecule has 15 heavy (non-hydrogen) atoms. The van der Waals surface area contributed by atoms with Crippen LogP contribution in [0.2, 0.25) is 0 Å². The van der Waals surface area contributed by atoms with E-state index >= 15 is 0 Å². The van der Waals surface area contributed by atoms with Gasteiger partial charge in [0.05, 0.1) is 5.25 Å². The smallest absolute Gasteiger partial charge is 0.212 e. The zero-order valence-corrected chi connectivity index (χ0v) is 11.0. The van der Waals surface area contributed by atoms with Crippen LogP contribution in [0.3, 0.4) is 0 Å². The second kappa shape index (κ2) is 5.02. The van der Waals surface area contributed by atoms with Gasteiger partial charge in [0.25, 0.3) is 0 Å². The van der Waals surface area contributed by atoms with Gasteiger partial charge < -0.3 is 0 Å². The standard InChI is InChI=1S/C10H20ClNO2S/c1-3-10(2,8-11)12-15(13,14)9-6-4-5-7-9/h9,12H,3-8H2,1-2H3. The number of hydrogen-bond donors (Lipinski definition) is 1. The summed E-state index contributed by atoms with van der Waals surface area (Å²) in [5.41, 5.74) is -0.497. The van der Waals surface area contributed by atoms with Crippen LogP contribution in [0.5, 0.6) is 0 Å². The maximum Gasteiger partial charge on any atom is 0.215 e. The van der Waals surface area contributed by atoms with Crippen LogP contribution in [0, 0.1) is 0 Å². The molecular weight excluding hydrogens is 234 g/mol. The first kappa shape index (κ1) is 13.3. The Morgan fingerprint density at radius 3 is 2.33 bits per heavy atom. The van der Waals surface area contributed by atoms with E-state index in [9.17, 15) is 8.42 Å². The fourth-order valence-electron chi connectivity index (χ4n) is 1.82. The van der Waals surface area contributed by atoms with E-state index in [1.165, 1.54) is 0 Å². The third-order valence-corrected chi connectivity index (χ3v) is 5.92. The summed E-state index contributed by atoms with van der Waals surface area (Å²) < 4.78 is 26.7. The van der Waals surface area contributed by atoms with Crippen molar-refractivity contribution in [2.24, 2.45) is 0 Å². The Balaban J connectivity index is 2.70. The number of sulfonamides is 1. The molecule has 0 aliphatic heterocycles. The van der Waals surface area contributed by atoms with Crippen LogP contribution in [-0.4, -0.2) is 25.1 Å². The predicted molar refractivity (Wildman–Crippen MR) is 63.7 cm³/mol. The lowest BCUT2D eigenvalue weighted by Gasteiger charge is -2.28. The molecule has 0 bridgehead atoms. The molecule has 0 radical (unpaired) electrons. The Morgan fingerprint density at radius 1 is 1.40 bits per heavy atom. The second-order valence-corrected chi connectivity index (χ2v) is 6.83. The maximum absolute atomic E-state index is 12.0. The molecule has 0 aromatic heterocycles. The van der Waals surface area contributed by atoms with Crippen LogP contribution in [0.1, 0.15) is 46.0 Å². The summed E-state index contributed by atoms with van der Waals surface area (Å²) in [6, 6.07) is 0. The summed E-state index contributed by atoms with van der Waals surface area (Å²) in [6.45, 7) is 3.80. The first-order valence-corrected chi connectivity index (χ1v) is 7.60. The Kier molecular flexibility index (Phi) is 4.44. The van der Waals surface area contributed by atoms with Crippen molar-refractivity contribution in [3.63, 3.8) is 0 Å². The van der Waals surface area contributed by atoms with Gasteiger partial charge in [-0.25, -0.2) is 13.1 Å². The van der Waals surface area contributed by atoms with Crippen LogP contribution in [0.4, 0.5) is 0 Å². The van der Waals surface area contributed by atoms with Gasteiger partial charge in [-0.15, -0.1) is 11.6 Å². The SMILES string of the molecule is CCC(C)(CCl)NS(=O)(=O)C1CCCC1. The van der Waals surface area contributed by atoms with Gasteiger partial charge in [0.2, 0.25) is 10.0 Å². The molecule has 1 N–H and O–H groups in total. The second-order valence-electron chi connectivity index (χ2n) is 4.60. The number of alkyl halides is 1. The lowest BCUT2D eigenvalue weighted by Crippen LogP contribution is -2.49. The van der Waals surface area contributed by atoms with Crippen LogP contribution >= 0.6 is 11.6 Å². The molecule has 1 rings (SSSR count). The highest BCUT2D eigenvalue weighted by atomic mass is 35.5. The van der Waals surface area contributed by atoms with Crippen molar-refractivity contribution in [1.82, 2.24) is 4.72 Å². The molecule has 1 fully saturated rings. The molecule has 1 atom stereocenters. The Morgan fingerprint density at radius 2 is 1.93 bits per heavy atom. The molecule has 0 amide bonds. The van der Waals surface area contributed by atoms with Crippen molar-refractivity contribution in [2.75, 3.05) is 5.88 Å². The number of halogens is 1. The largest absolute Gasteiger partial charge is 0.215 e. The fraction of sp³-hybridized carbons (Fsp3) is 1.00. The van der Waals surface area contributed by atoms with E-state index in [2.05, 4.69) is 4.72 Å². The van der Waals surface area contributed by atoms with E-state index in [0.717, 1.165) is 25.7 Å². The van der Waals surface area contributed by atoms with Gasteiger partial charge >= 0.3 is 0 Å². The number of rotatable bonds is 5. The van der Waals surface area contributed by atoms with Gasteiger partial charge in [-0.3, -0.25) is 0 Å². The number of nitrogens with one attached hydrogen (secondary N) is 1. The van der Waals surface area contributed by atoms with Gasteiger partial charge in [-0.2, -0.15) is 0 Å². The quantitative estimate of drug-likeness (QED) is 0.764. The van der Waals surface area contributed by atoms with Gasteiger partial charge in [0.1, 0.15) is 0 Å². The summed E-state index contributed by atoms with van der Waals surface area (Å²) in [7, 11) is -3.18. The van der Waals surface area contributed by atoms with Crippen molar-refractivity contribution in [3.8, 4) is 0 Å². The van der Waals surface area contributed by atoms with Crippen LogP contribution < -0.4 is 4.72 Å². The normalized spacial score (nSPS) is 22.9. The minimum atomic E-state index is -3.18. The molecule has 3 nitrogen and oxygen atoms in total. The van der Waals surface area contributed by atoms with Crippen molar-refractivity contribution < 1.29 is 8.42 Å². The summed E-state index contributed by atoms with van der Waals surface area (Å²) in [6.07, 6.45) is 4.34. The molecule has 1 saturated carbocycles. The monoisotopic (exact) mass is 253 g/mol. The summed E-state index contributed by atoms with van der Waals surface area (Å²) in [4.78, 5) is 0. The van der Waals surface area contributed by atoms with E-state index < -0.39 is 15.6 Å². The Labute approximate surface area is 97.6 Å². The summed E-state index contributed by atoms with van der Waals surface area (Å²) in [5.74, 6) is 0.315. The van der Waals surface area contributed by atoms with Crippen molar-refractivity contribution in [3.05, 3.63) is 0 Å². The van der Waals surface area contributed by atoms with Crippen LogP contribution in [0.25, 0.3) is 0 Å². The lowest BCUT2D eigenvalue weighted by atomic mass is 10.0. The maximum atomic E-state index is 12.0. The minimum Gasteiger partial charge on any atom is -0.212 e. The van der Waals surface area contributed by atoms with Crippen LogP contribution in [0.15, 0.2) is 0 Å². The first-order valence-electron chi connectivity index (χ1n) is 5.52. The molecule has 1 unspecified atom stereocenters. The topological polar surface area (TPSA) is 46.2 Å². The fourth-order valence-corrected chi connectivity index (χ4v) is 4.18. The molecule has 1 aliphatic rings. The van der Waals surface area contributed by atoms with Crippen LogP contribution in [-0.2, 0) is 10.0 Å². The van der Waals surface area contributed by atoms with E-state index in [0.29, 0.717) is 12.3 Å². The van der Waals surface area contributed by atoms with Gasteiger partial charge in [-0.1, -0.05) is 19.8 Å². The molecular formula is C10H20ClNO2S. The van der Waals surface area contributed by atoms with Gasteiger partial charge in [0.15, 0.2) is 0 Å². The highest BCUT2D eigenvalue weighted by molar-refractivity contribution is 7.90. The summed E-state index contributed by atoms with van der Waals surface area (Å²) in [5, 5.41) is -0.202. The van der Waals surface area contributed by atoms with Crippen molar-refractivity contribution in [2.45, 2.75) is 56.7 Å². The third kappa shape index (κ3) is 3.33. The number of hydrogen-bond acceptors (Lipinski definition) is 2. The molecule has 0 aromatic rings. The highest BCUT2D eigenvalue weighted by Gasteiger charge is 2.34. The molecule has 0 spiro atoms. The zero-order valence-electron chi connectivity index (χ0n) is 9.42. The van der Waals surface area contributed by atoms with E-state index in [-0.39, 0.29) is 5.25 Å². The van der Waals surface area contributed by atoms with E-state index in [4.69, 9.17) is 11.6 Å². The summed E-state index contributed by atoms with van der Waals surface area (Å²) >= 11 is 5.79. The Hall–Kier alpha value is 0.200. The van der Waals surface area contributed by atoms with Crippen molar-refractivity contribution >= 4 is 21.6 Å². The molecule has 0 heterocycles.